The summed E-state index contributed by atoms with van der Waals surface area (Å²) in [4.78, 5) is 16.0. The van der Waals surface area contributed by atoms with Crippen molar-refractivity contribution in [3.8, 4) is 0 Å². The van der Waals surface area contributed by atoms with E-state index < -0.39 is 5.41 Å². The molecule has 3 aliphatic rings. The number of nitrogens with zero attached hydrogens (tertiary/aromatic N) is 2. The lowest BCUT2D eigenvalue weighted by molar-refractivity contribution is -0.129. The van der Waals surface area contributed by atoms with Crippen LogP contribution in [0.25, 0.3) is 4.85 Å². The Kier molecular flexibility index (Phi) is 2.66. The van der Waals surface area contributed by atoms with E-state index in [1.54, 1.807) is 0 Å². The lowest BCUT2D eigenvalue weighted by atomic mass is 9.53. The normalized spacial score (nSPS) is 34.0. The lowest BCUT2D eigenvalue weighted by Gasteiger charge is -2.50. The molecule has 1 N–H and O–H groups in total. The van der Waals surface area contributed by atoms with Crippen molar-refractivity contribution in [2.24, 2.45) is 16.7 Å². The summed E-state index contributed by atoms with van der Waals surface area (Å²) in [6, 6.07) is 0. The molecule has 0 spiro atoms. The number of likely N-dealkylation sites (N-methyl/N-ethyl adjacent to an activating group) is 1. The van der Waals surface area contributed by atoms with Gasteiger partial charge in [-0.1, -0.05) is 33.4 Å². The second kappa shape index (κ2) is 4.00. The fourth-order valence-corrected chi connectivity index (χ4v) is 4.33. The SMILES string of the molecule is [C-]#[N+]C1=C[C@]2(C)C3=C(CC[C@H]2C(C)(C)C1=O)C(=C)N(C)N3. The summed E-state index contributed by atoms with van der Waals surface area (Å²) in [6.45, 7) is 17.6. The molecule has 0 radical (unpaired) electrons. The third-order valence-electron chi connectivity index (χ3n) is 5.53. The molecular formula is C17H21N3O. The van der Waals surface area contributed by atoms with Crippen molar-refractivity contribution in [1.82, 2.24) is 10.4 Å². The number of nitrogens with one attached hydrogen (secondary N) is 1. The van der Waals surface area contributed by atoms with Gasteiger partial charge in [0.15, 0.2) is 5.78 Å². The topological polar surface area (TPSA) is 36.7 Å². The van der Waals surface area contributed by atoms with Crippen LogP contribution in [-0.4, -0.2) is 17.8 Å². The van der Waals surface area contributed by atoms with Gasteiger partial charge in [0.1, 0.15) is 0 Å². The monoisotopic (exact) mass is 283 g/mol. The Hall–Kier alpha value is -2.02. The number of fused-ring (bicyclic) bond motifs is 2. The van der Waals surface area contributed by atoms with Gasteiger partial charge >= 0.3 is 0 Å². The summed E-state index contributed by atoms with van der Waals surface area (Å²) in [5.41, 5.74) is 6.21. The van der Waals surface area contributed by atoms with E-state index in [2.05, 4.69) is 23.8 Å². The molecule has 0 bridgehead atoms. The Morgan fingerprint density at radius 2 is 2.14 bits per heavy atom. The van der Waals surface area contributed by atoms with Gasteiger partial charge in [-0.3, -0.25) is 5.01 Å². The van der Waals surface area contributed by atoms with Gasteiger partial charge in [0, 0.05) is 23.6 Å². The predicted octanol–water partition coefficient (Wildman–Crippen LogP) is 3.03. The van der Waals surface area contributed by atoms with Gasteiger partial charge in [-0.15, -0.1) is 0 Å². The van der Waals surface area contributed by atoms with Crippen LogP contribution in [0.2, 0.25) is 0 Å². The summed E-state index contributed by atoms with van der Waals surface area (Å²) < 4.78 is 0. The van der Waals surface area contributed by atoms with Gasteiger partial charge in [0.05, 0.1) is 12.3 Å². The van der Waals surface area contributed by atoms with E-state index in [1.165, 1.54) is 5.57 Å². The molecular weight excluding hydrogens is 262 g/mol. The highest BCUT2D eigenvalue weighted by Crippen LogP contribution is 2.58. The Balaban J connectivity index is 2.23. The van der Waals surface area contributed by atoms with Crippen LogP contribution in [-0.2, 0) is 4.79 Å². The molecule has 0 saturated heterocycles. The fourth-order valence-electron chi connectivity index (χ4n) is 4.33. The first-order chi connectivity index (χ1) is 9.73. The van der Waals surface area contributed by atoms with Crippen LogP contribution in [0.5, 0.6) is 0 Å². The number of hydrogen-bond donors (Lipinski definition) is 1. The van der Waals surface area contributed by atoms with Crippen LogP contribution in [0.3, 0.4) is 0 Å². The first kappa shape index (κ1) is 13.9. The number of carbonyl (C=O) groups is 1. The van der Waals surface area contributed by atoms with Crippen LogP contribution in [0, 0.1) is 23.3 Å². The molecule has 0 amide bonds. The maximum Gasteiger partial charge on any atom is 0.226 e. The van der Waals surface area contributed by atoms with Crippen LogP contribution in [0.15, 0.2) is 35.3 Å². The number of allylic oxidation sites excluding steroid dienone is 3. The zero-order valence-corrected chi connectivity index (χ0v) is 13.1. The molecule has 0 aromatic heterocycles. The largest absolute Gasteiger partial charge is 0.307 e. The van der Waals surface area contributed by atoms with Crippen molar-refractivity contribution in [2.75, 3.05) is 7.05 Å². The van der Waals surface area contributed by atoms with Crippen molar-refractivity contribution in [3.63, 3.8) is 0 Å². The Morgan fingerprint density at radius 3 is 2.76 bits per heavy atom. The highest BCUT2D eigenvalue weighted by Gasteiger charge is 2.55. The molecule has 0 aromatic rings. The Labute approximate surface area is 126 Å². The minimum atomic E-state index is -0.508. The Morgan fingerprint density at radius 1 is 1.48 bits per heavy atom. The molecule has 2 aliphatic carbocycles. The maximum atomic E-state index is 12.5. The van der Waals surface area contributed by atoms with Crippen LogP contribution >= 0.6 is 0 Å². The number of ketones is 1. The van der Waals surface area contributed by atoms with E-state index in [0.29, 0.717) is 0 Å². The van der Waals surface area contributed by atoms with Gasteiger partial charge in [-0.25, -0.2) is 4.85 Å². The first-order valence-electron chi connectivity index (χ1n) is 7.32. The smallest absolute Gasteiger partial charge is 0.226 e. The van der Waals surface area contributed by atoms with E-state index in [-0.39, 0.29) is 22.8 Å². The van der Waals surface area contributed by atoms with Crippen molar-refractivity contribution < 1.29 is 4.79 Å². The molecule has 0 saturated carbocycles. The van der Waals surface area contributed by atoms with Crippen molar-refractivity contribution in [1.29, 1.82) is 0 Å². The Bertz CT molecular complexity index is 662. The predicted molar refractivity (Wildman–Crippen MR) is 81.4 cm³/mol. The summed E-state index contributed by atoms with van der Waals surface area (Å²) in [5.74, 6) is 0.183. The molecule has 4 heteroatoms. The third-order valence-corrected chi connectivity index (χ3v) is 5.53. The van der Waals surface area contributed by atoms with Crippen molar-refractivity contribution >= 4 is 5.78 Å². The number of hydrogen-bond acceptors (Lipinski definition) is 3. The summed E-state index contributed by atoms with van der Waals surface area (Å²) in [6.07, 6.45) is 3.76. The molecule has 110 valence electrons. The first-order valence-corrected chi connectivity index (χ1v) is 7.32. The van der Waals surface area contributed by atoms with E-state index in [0.717, 1.165) is 24.2 Å². The third kappa shape index (κ3) is 1.58. The standard InChI is InChI=1S/C17H21N3O/c1-10-11-7-8-13-16(2,3)15(21)12(18-5)9-17(13,4)14(11)19-20(10)6/h9,13,19H,1,7-8H2,2-4,6H3/t13-,17-/m0/s1. The van der Waals surface area contributed by atoms with Gasteiger partial charge in [0.2, 0.25) is 5.70 Å². The lowest BCUT2D eigenvalue weighted by Crippen LogP contribution is -2.50. The van der Waals surface area contributed by atoms with Crippen LogP contribution < -0.4 is 5.43 Å². The second-order valence-electron chi connectivity index (χ2n) is 7.04. The van der Waals surface area contributed by atoms with Gasteiger partial charge in [-0.2, -0.15) is 0 Å². The summed E-state index contributed by atoms with van der Waals surface area (Å²) >= 11 is 0. The summed E-state index contributed by atoms with van der Waals surface area (Å²) in [7, 11) is 1.96. The number of Topliss-reactive ketones (excluding diaryl/α,β-unsaturated/α-hetero) is 1. The zero-order chi connectivity index (χ0) is 15.6. The minimum absolute atomic E-state index is 0.0193. The molecule has 2 atom stereocenters. The molecule has 0 aromatic carbocycles. The van der Waals surface area contributed by atoms with Crippen molar-refractivity contribution in [3.05, 3.63) is 46.7 Å². The van der Waals surface area contributed by atoms with Crippen LogP contribution in [0.4, 0.5) is 0 Å². The van der Waals surface area contributed by atoms with Crippen molar-refractivity contribution in [2.45, 2.75) is 33.6 Å². The molecule has 3 rings (SSSR count). The van der Waals surface area contributed by atoms with Gasteiger partial charge in [0.25, 0.3) is 0 Å². The van der Waals surface area contributed by atoms with Gasteiger partial charge < -0.3 is 10.2 Å². The summed E-state index contributed by atoms with van der Waals surface area (Å²) in [5, 5.41) is 1.94. The number of rotatable bonds is 0. The minimum Gasteiger partial charge on any atom is -0.307 e. The molecule has 1 aliphatic heterocycles. The molecule has 1 heterocycles. The highest BCUT2D eigenvalue weighted by atomic mass is 16.1. The van der Waals surface area contributed by atoms with Crippen LogP contribution in [0.1, 0.15) is 33.6 Å². The van der Waals surface area contributed by atoms with E-state index >= 15 is 0 Å². The zero-order valence-electron chi connectivity index (χ0n) is 13.1. The quantitative estimate of drug-likeness (QED) is 0.694. The fraction of sp³-hybridized carbons (Fsp3) is 0.529. The molecule has 4 nitrogen and oxygen atoms in total. The van der Waals surface area contributed by atoms with Gasteiger partial charge in [-0.05, 0) is 24.3 Å². The average Bonchev–Trinajstić information content (AvgIpc) is 2.72. The molecule has 0 unspecified atom stereocenters. The van der Waals surface area contributed by atoms with E-state index in [9.17, 15) is 4.79 Å². The maximum absolute atomic E-state index is 12.5. The second-order valence-corrected chi connectivity index (χ2v) is 7.04. The molecule has 21 heavy (non-hydrogen) atoms. The average molecular weight is 283 g/mol. The highest BCUT2D eigenvalue weighted by molar-refractivity contribution is 6.02. The number of hydrazine groups is 1. The van der Waals surface area contributed by atoms with E-state index in [4.69, 9.17) is 6.57 Å². The molecule has 0 fully saturated rings. The number of carbonyl (C=O) groups excluding carboxylic acids is 1. The van der Waals surface area contributed by atoms with E-state index in [1.807, 2.05) is 32.0 Å².